The van der Waals surface area contributed by atoms with Gasteiger partial charge in [-0.05, 0) is 79.4 Å². The van der Waals surface area contributed by atoms with Gasteiger partial charge in [0.25, 0.3) is 5.78 Å². The fourth-order valence-electron chi connectivity index (χ4n) is 4.53. The molecule has 9 heteroatoms. The Balaban J connectivity index is 1.77. The second kappa shape index (κ2) is 9.21. The molecule has 1 amide bonds. The van der Waals surface area contributed by atoms with Crippen molar-refractivity contribution in [2.45, 2.75) is 26.8 Å². The number of phenolic OH excluding ortho intramolecular Hbond substituents is 1. The topological polar surface area (TPSA) is 100.0 Å². The Hall–Kier alpha value is -3.88. The van der Waals surface area contributed by atoms with Gasteiger partial charge in [-0.2, -0.15) is 0 Å². The van der Waals surface area contributed by atoms with Crippen LogP contribution in [0.3, 0.4) is 0 Å². The molecule has 1 saturated heterocycles. The Kier molecular flexibility index (Phi) is 6.17. The van der Waals surface area contributed by atoms with Gasteiger partial charge in [0.05, 0.1) is 39.5 Å². The Morgan fingerprint density at radius 1 is 1.05 bits per heavy atom. The van der Waals surface area contributed by atoms with Gasteiger partial charge in [-0.15, -0.1) is 0 Å². The van der Waals surface area contributed by atoms with Gasteiger partial charge in [0.1, 0.15) is 17.3 Å². The first-order valence-corrected chi connectivity index (χ1v) is 12.6. The Morgan fingerprint density at radius 3 is 2.41 bits per heavy atom. The summed E-state index contributed by atoms with van der Waals surface area (Å²) in [5, 5.41) is 22.0. The number of phenols is 1. The summed E-state index contributed by atoms with van der Waals surface area (Å²) >= 11 is 7.65. The summed E-state index contributed by atoms with van der Waals surface area (Å²) in [6.45, 7) is 5.78. The van der Waals surface area contributed by atoms with Crippen LogP contribution in [0.5, 0.6) is 11.5 Å². The van der Waals surface area contributed by atoms with Crippen molar-refractivity contribution >= 4 is 55.7 Å². The lowest BCUT2D eigenvalue weighted by Crippen LogP contribution is -2.29. The third kappa shape index (κ3) is 4.12. The number of thiazole rings is 1. The van der Waals surface area contributed by atoms with E-state index in [4.69, 9.17) is 16.3 Å². The van der Waals surface area contributed by atoms with E-state index >= 15 is 0 Å². The number of ketones is 1. The predicted octanol–water partition coefficient (Wildman–Crippen LogP) is 6.22. The number of benzene rings is 3. The number of Topliss-reactive ketones (excluding diaryl/α,β-unsaturated/α-hetero) is 1. The molecule has 1 fully saturated rings. The highest BCUT2D eigenvalue weighted by molar-refractivity contribution is 7.22. The fourth-order valence-corrected chi connectivity index (χ4v) is 5.95. The number of nitrogens with zero attached hydrogens (tertiary/aromatic N) is 2. The first kappa shape index (κ1) is 24.8. The summed E-state index contributed by atoms with van der Waals surface area (Å²) in [5.41, 5.74) is 4.18. The first-order valence-electron chi connectivity index (χ1n) is 11.4. The number of hydrogen-bond acceptors (Lipinski definition) is 7. The van der Waals surface area contributed by atoms with Crippen LogP contribution in [0.2, 0.25) is 5.02 Å². The highest BCUT2D eigenvalue weighted by Crippen LogP contribution is 2.46. The number of hydrogen-bond donors (Lipinski definition) is 2. The molecule has 1 aliphatic heterocycles. The van der Waals surface area contributed by atoms with E-state index in [1.54, 1.807) is 31.2 Å². The van der Waals surface area contributed by atoms with Crippen LogP contribution in [-0.4, -0.2) is 34.0 Å². The first-order chi connectivity index (χ1) is 17.6. The van der Waals surface area contributed by atoms with E-state index < -0.39 is 23.5 Å². The van der Waals surface area contributed by atoms with Gasteiger partial charge in [-0.3, -0.25) is 14.5 Å². The number of carbonyl (C=O) groups excluding carboxylic acids is 2. The molecule has 3 aromatic carbocycles. The lowest BCUT2D eigenvalue weighted by molar-refractivity contribution is -0.132. The van der Waals surface area contributed by atoms with Crippen LogP contribution in [0, 0.1) is 20.8 Å². The molecule has 0 spiro atoms. The van der Waals surface area contributed by atoms with Crippen LogP contribution >= 0.6 is 22.9 Å². The number of fused-ring (bicyclic) bond motifs is 1. The Bertz CT molecular complexity index is 1590. The van der Waals surface area contributed by atoms with Crippen LogP contribution in [-0.2, 0) is 9.59 Å². The molecular formula is C28H23ClN2O5S. The molecule has 0 radical (unpaired) electrons. The molecule has 7 nitrogen and oxygen atoms in total. The van der Waals surface area contributed by atoms with E-state index in [1.807, 2.05) is 26.0 Å². The van der Waals surface area contributed by atoms with Gasteiger partial charge in [0, 0.05) is 0 Å². The number of aryl methyl sites for hydroxylation is 3. The van der Waals surface area contributed by atoms with E-state index in [9.17, 15) is 19.8 Å². The zero-order chi connectivity index (χ0) is 26.6. The normalized spacial score (nSPS) is 17.1. The number of methoxy groups -OCH3 is 1. The maximum absolute atomic E-state index is 13.5. The molecule has 5 rings (SSSR count). The molecule has 0 bridgehead atoms. The number of carbonyl (C=O) groups is 2. The number of aromatic hydroxyl groups is 1. The second-order valence-corrected chi connectivity index (χ2v) is 10.4. The number of amides is 1. The molecule has 37 heavy (non-hydrogen) atoms. The average Bonchev–Trinajstić information content (AvgIpc) is 3.36. The van der Waals surface area contributed by atoms with Crippen LogP contribution in [0.25, 0.3) is 16.0 Å². The number of halogens is 1. The number of aliphatic hydroxyl groups excluding tert-OH is 1. The minimum absolute atomic E-state index is 0.0266. The van der Waals surface area contributed by atoms with Crippen molar-refractivity contribution in [3.8, 4) is 11.5 Å². The lowest BCUT2D eigenvalue weighted by atomic mass is 9.94. The molecule has 2 heterocycles. The van der Waals surface area contributed by atoms with E-state index in [0.29, 0.717) is 16.2 Å². The van der Waals surface area contributed by atoms with Crippen molar-refractivity contribution < 1.29 is 24.5 Å². The van der Waals surface area contributed by atoms with Crippen LogP contribution in [0.1, 0.15) is 33.9 Å². The third-order valence-electron chi connectivity index (χ3n) is 6.50. The summed E-state index contributed by atoms with van der Waals surface area (Å²) in [6, 6.07) is 12.4. The number of aliphatic hydroxyl groups is 1. The summed E-state index contributed by atoms with van der Waals surface area (Å²) in [7, 11) is 1.41. The maximum Gasteiger partial charge on any atom is 0.301 e. The second-order valence-electron chi connectivity index (χ2n) is 8.99. The highest BCUT2D eigenvalue weighted by Gasteiger charge is 2.48. The van der Waals surface area contributed by atoms with Crippen LogP contribution < -0.4 is 9.64 Å². The predicted molar refractivity (Wildman–Crippen MR) is 145 cm³/mol. The molecule has 0 aliphatic carbocycles. The van der Waals surface area contributed by atoms with Gasteiger partial charge < -0.3 is 14.9 Å². The molecule has 1 unspecified atom stereocenters. The van der Waals surface area contributed by atoms with E-state index in [0.717, 1.165) is 21.4 Å². The summed E-state index contributed by atoms with van der Waals surface area (Å²) in [6.07, 6.45) is 0. The smallest absolute Gasteiger partial charge is 0.301 e. The number of rotatable bonds is 4. The molecule has 1 atom stereocenters. The number of anilines is 1. The highest BCUT2D eigenvalue weighted by atomic mass is 35.5. The fraction of sp³-hybridized carbons (Fsp3) is 0.179. The van der Waals surface area contributed by atoms with Gasteiger partial charge >= 0.3 is 5.91 Å². The molecule has 1 aliphatic rings. The molecular weight excluding hydrogens is 512 g/mol. The summed E-state index contributed by atoms with van der Waals surface area (Å²) < 4.78 is 6.30. The quantitative estimate of drug-likeness (QED) is 0.183. The number of aromatic nitrogens is 1. The van der Waals surface area contributed by atoms with Gasteiger partial charge in [-0.1, -0.05) is 35.1 Å². The van der Waals surface area contributed by atoms with E-state index in [2.05, 4.69) is 4.98 Å². The van der Waals surface area contributed by atoms with Gasteiger partial charge in [0.15, 0.2) is 5.13 Å². The monoisotopic (exact) mass is 534 g/mol. The maximum atomic E-state index is 13.5. The van der Waals surface area contributed by atoms with Gasteiger partial charge in [-0.25, -0.2) is 4.98 Å². The van der Waals surface area contributed by atoms with E-state index in [-0.39, 0.29) is 27.7 Å². The SMILES string of the molecule is COc1c(Cl)cc(C)cc1/C(O)=C1\C(=O)C(=O)N(c2nc3cc(C)c(C)cc3s2)C1c1ccc(O)cc1. The minimum atomic E-state index is -0.993. The number of ether oxygens (including phenoxy) is 1. The standard InChI is InChI=1S/C28H23ClN2O5S/c1-13-9-18(26(36-4)19(29)10-13)24(33)22-23(16-5-7-17(32)8-6-16)31(27(35)25(22)34)28-30-20-11-14(2)15(3)12-21(20)37-28/h5-12,23,32-33H,1-4H3/b24-22+. The third-order valence-corrected chi connectivity index (χ3v) is 7.80. The largest absolute Gasteiger partial charge is 0.508 e. The van der Waals surface area contributed by atoms with Crippen molar-refractivity contribution in [1.82, 2.24) is 4.98 Å². The summed E-state index contributed by atoms with van der Waals surface area (Å²) in [5.74, 6) is -1.87. The van der Waals surface area contributed by atoms with Crippen molar-refractivity contribution in [3.05, 3.63) is 86.9 Å². The van der Waals surface area contributed by atoms with E-state index in [1.165, 1.54) is 35.5 Å². The van der Waals surface area contributed by atoms with Crippen LogP contribution in [0.15, 0.2) is 54.1 Å². The average molecular weight is 535 g/mol. The molecule has 4 aromatic rings. The summed E-state index contributed by atoms with van der Waals surface area (Å²) in [4.78, 5) is 33.0. The van der Waals surface area contributed by atoms with Crippen molar-refractivity contribution in [2.75, 3.05) is 12.0 Å². The Labute approximate surface area is 222 Å². The molecule has 2 N–H and O–H groups in total. The molecule has 0 saturated carbocycles. The van der Waals surface area contributed by atoms with Crippen LogP contribution in [0.4, 0.5) is 5.13 Å². The minimum Gasteiger partial charge on any atom is -0.508 e. The van der Waals surface area contributed by atoms with Crippen molar-refractivity contribution in [2.24, 2.45) is 0 Å². The zero-order valence-corrected chi connectivity index (χ0v) is 22.1. The molecule has 1 aromatic heterocycles. The lowest BCUT2D eigenvalue weighted by Gasteiger charge is -2.23. The van der Waals surface area contributed by atoms with Crippen molar-refractivity contribution in [3.63, 3.8) is 0 Å². The zero-order valence-electron chi connectivity index (χ0n) is 20.5. The Morgan fingerprint density at radius 2 is 1.73 bits per heavy atom. The molecule has 188 valence electrons. The van der Waals surface area contributed by atoms with Crippen molar-refractivity contribution in [1.29, 1.82) is 0 Å². The van der Waals surface area contributed by atoms with Gasteiger partial charge in [0.2, 0.25) is 0 Å².